The van der Waals surface area contributed by atoms with Gasteiger partial charge in [0.05, 0.1) is 30.5 Å². The molecule has 1 aliphatic heterocycles. The number of nitrogens with zero attached hydrogens (tertiary/aromatic N) is 2. The fraction of sp³-hybridized carbons (Fsp3) is 0.261. The van der Waals surface area contributed by atoms with Gasteiger partial charge in [0, 0.05) is 43.1 Å². The number of furan rings is 1. The van der Waals surface area contributed by atoms with Gasteiger partial charge in [-0.05, 0) is 48.9 Å². The van der Waals surface area contributed by atoms with E-state index in [2.05, 4.69) is 22.3 Å². The molecule has 3 N–H and O–H groups in total. The topological polar surface area (TPSA) is 84.0 Å². The van der Waals surface area contributed by atoms with Gasteiger partial charge in [-0.1, -0.05) is 12.1 Å². The largest absolute Gasteiger partial charge is 0.472 e. The summed E-state index contributed by atoms with van der Waals surface area (Å²) in [6, 6.07) is 16.1. The molecule has 1 aliphatic rings. The maximum Gasteiger partial charge on any atom is 0.409 e. The summed E-state index contributed by atoms with van der Waals surface area (Å²) in [4.78, 5) is 15.9. The first kappa shape index (κ1) is 19.7. The van der Waals surface area contributed by atoms with Crippen LogP contribution in [0, 0.1) is 0 Å². The fourth-order valence-corrected chi connectivity index (χ4v) is 3.58. The molecule has 0 spiro atoms. The van der Waals surface area contributed by atoms with Gasteiger partial charge in [-0.25, -0.2) is 4.79 Å². The maximum atomic E-state index is 11.9. The van der Waals surface area contributed by atoms with Crippen LogP contribution in [-0.2, 0) is 4.74 Å². The van der Waals surface area contributed by atoms with E-state index in [1.54, 1.807) is 17.4 Å². The third kappa shape index (κ3) is 4.35. The molecule has 0 atom stereocenters. The Morgan fingerprint density at radius 3 is 2.63 bits per heavy atom. The highest BCUT2D eigenvalue weighted by atomic mass is 16.6. The summed E-state index contributed by atoms with van der Waals surface area (Å²) in [5, 5.41) is 3.41. The Morgan fingerprint density at radius 2 is 1.93 bits per heavy atom. The monoisotopic (exact) mass is 406 g/mol. The maximum absolute atomic E-state index is 11.9. The van der Waals surface area contributed by atoms with Gasteiger partial charge in [-0.3, -0.25) is 0 Å². The Balaban J connectivity index is 1.42. The lowest BCUT2D eigenvalue weighted by Gasteiger charge is -2.35. The molecule has 156 valence electrons. The molecule has 2 aromatic carbocycles. The standard InChI is InChI=1S/C23H26N4O3/c1-2-30-23(28)27-11-9-26(10-12-27)20-5-3-4-19(15-20)25-22-7-6-17(14-21(22)24)18-8-13-29-16-18/h3-8,13-16,25H,2,9-12,24H2,1H3. The van der Waals surface area contributed by atoms with Crippen LogP contribution in [0.3, 0.4) is 0 Å². The second kappa shape index (κ2) is 8.82. The fourth-order valence-electron chi connectivity index (χ4n) is 3.58. The summed E-state index contributed by atoms with van der Waals surface area (Å²) < 4.78 is 10.2. The van der Waals surface area contributed by atoms with E-state index in [1.807, 2.05) is 43.3 Å². The van der Waals surface area contributed by atoms with Crippen LogP contribution in [0.25, 0.3) is 11.1 Å². The van der Waals surface area contributed by atoms with Gasteiger partial charge < -0.3 is 30.0 Å². The molecule has 0 radical (unpaired) electrons. The predicted molar refractivity (Wildman–Crippen MR) is 119 cm³/mol. The van der Waals surface area contributed by atoms with E-state index >= 15 is 0 Å². The zero-order chi connectivity index (χ0) is 20.9. The first-order valence-corrected chi connectivity index (χ1v) is 10.1. The zero-order valence-corrected chi connectivity index (χ0v) is 17.0. The molecular weight excluding hydrogens is 380 g/mol. The number of nitrogens with one attached hydrogen (secondary N) is 1. The van der Waals surface area contributed by atoms with E-state index in [0.29, 0.717) is 25.4 Å². The van der Waals surface area contributed by atoms with Crippen LogP contribution in [0.4, 0.5) is 27.5 Å². The van der Waals surface area contributed by atoms with Gasteiger partial charge in [0.1, 0.15) is 0 Å². The molecule has 1 aromatic heterocycles. The van der Waals surface area contributed by atoms with Crippen LogP contribution in [-0.4, -0.2) is 43.8 Å². The summed E-state index contributed by atoms with van der Waals surface area (Å²) in [6.07, 6.45) is 3.12. The average Bonchev–Trinajstić information content (AvgIpc) is 3.31. The highest BCUT2D eigenvalue weighted by molar-refractivity contribution is 5.79. The lowest BCUT2D eigenvalue weighted by atomic mass is 10.1. The van der Waals surface area contributed by atoms with Crippen molar-refractivity contribution < 1.29 is 13.9 Å². The quantitative estimate of drug-likeness (QED) is 0.605. The van der Waals surface area contributed by atoms with Crippen molar-refractivity contribution in [1.29, 1.82) is 0 Å². The van der Waals surface area contributed by atoms with Gasteiger partial charge in [-0.2, -0.15) is 0 Å². The molecule has 7 heteroatoms. The molecule has 0 bridgehead atoms. The van der Waals surface area contributed by atoms with Gasteiger partial charge in [0.15, 0.2) is 0 Å². The molecule has 0 aliphatic carbocycles. The number of nitrogen functional groups attached to an aromatic ring is 1. The van der Waals surface area contributed by atoms with Crippen LogP contribution >= 0.6 is 0 Å². The highest BCUT2D eigenvalue weighted by Gasteiger charge is 2.22. The Kier molecular flexibility index (Phi) is 5.79. The SMILES string of the molecule is CCOC(=O)N1CCN(c2cccc(Nc3ccc(-c4ccoc4)cc3N)c2)CC1. The number of benzene rings is 2. The number of anilines is 4. The molecule has 4 rings (SSSR count). The number of carbonyl (C=O) groups excluding carboxylic acids is 1. The molecule has 2 heterocycles. The van der Waals surface area contributed by atoms with Gasteiger partial charge in [-0.15, -0.1) is 0 Å². The second-order valence-corrected chi connectivity index (χ2v) is 7.16. The summed E-state index contributed by atoms with van der Waals surface area (Å²) in [7, 11) is 0. The highest BCUT2D eigenvalue weighted by Crippen LogP contribution is 2.30. The Morgan fingerprint density at radius 1 is 1.10 bits per heavy atom. The minimum Gasteiger partial charge on any atom is -0.472 e. The van der Waals surface area contributed by atoms with Crippen molar-refractivity contribution in [3.63, 3.8) is 0 Å². The minimum atomic E-state index is -0.234. The second-order valence-electron chi connectivity index (χ2n) is 7.16. The first-order valence-electron chi connectivity index (χ1n) is 10.1. The van der Waals surface area contributed by atoms with Crippen molar-refractivity contribution in [2.45, 2.75) is 6.92 Å². The molecular formula is C23H26N4O3. The molecule has 1 amide bonds. The predicted octanol–water partition coefficient (Wildman–Crippen LogP) is 4.55. The van der Waals surface area contributed by atoms with Crippen molar-refractivity contribution in [2.24, 2.45) is 0 Å². The van der Waals surface area contributed by atoms with E-state index in [9.17, 15) is 4.79 Å². The van der Waals surface area contributed by atoms with Crippen LogP contribution in [0.5, 0.6) is 0 Å². The number of piperazine rings is 1. The Bertz CT molecular complexity index is 995. The summed E-state index contributed by atoms with van der Waals surface area (Å²) in [6.45, 7) is 5.06. The summed E-state index contributed by atoms with van der Waals surface area (Å²) in [5.41, 5.74) is 11.9. The Labute approximate surface area is 176 Å². The zero-order valence-electron chi connectivity index (χ0n) is 17.0. The van der Waals surface area contributed by atoms with Crippen molar-refractivity contribution in [3.8, 4) is 11.1 Å². The molecule has 1 saturated heterocycles. The smallest absolute Gasteiger partial charge is 0.409 e. The Hall–Kier alpha value is -3.61. The molecule has 30 heavy (non-hydrogen) atoms. The molecule has 3 aromatic rings. The lowest BCUT2D eigenvalue weighted by molar-refractivity contribution is 0.105. The van der Waals surface area contributed by atoms with Crippen molar-refractivity contribution in [1.82, 2.24) is 4.90 Å². The first-order chi connectivity index (χ1) is 14.6. The van der Waals surface area contributed by atoms with Crippen molar-refractivity contribution in [2.75, 3.05) is 48.7 Å². The van der Waals surface area contributed by atoms with E-state index < -0.39 is 0 Å². The number of hydrogen-bond donors (Lipinski definition) is 2. The molecule has 7 nitrogen and oxygen atoms in total. The summed E-state index contributed by atoms with van der Waals surface area (Å²) in [5.74, 6) is 0. The van der Waals surface area contributed by atoms with E-state index in [0.717, 1.165) is 41.3 Å². The summed E-state index contributed by atoms with van der Waals surface area (Å²) >= 11 is 0. The van der Waals surface area contributed by atoms with E-state index in [4.69, 9.17) is 14.9 Å². The number of amides is 1. The third-order valence-corrected chi connectivity index (χ3v) is 5.20. The van der Waals surface area contributed by atoms with Crippen LogP contribution in [0.2, 0.25) is 0 Å². The van der Waals surface area contributed by atoms with Crippen LogP contribution < -0.4 is 16.0 Å². The molecule has 1 fully saturated rings. The minimum absolute atomic E-state index is 0.234. The van der Waals surface area contributed by atoms with E-state index in [-0.39, 0.29) is 6.09 Å². The molecule has 0 unspecified atom stereocenters. The average molecular weight is 406 g/mol. The number of hydrogen-bond acceptors (Lipinski definition) is 6. The lowest BCUT2D eigenvalue weighted by Crippen LogP contribution is -2.49. The van der Waals surface area contributed by atoms with Gasteiger partial charge in [0.25, 0.3) is 0 Å². The van der Waals surface area contributed by atoms with Gasteiger partial charge >= 0.3 is 6.09 Å². The number of ether oxygens (including phenoxy) is 1. The van der Waals surface area contributed by atoms with Gasteiger partial charge in [0.2, 0.25) is 0 Å². The van der Waals surface area contributed by atoms with Crippen molar-refractivity contribution >= 4 is 28.8 Å². The van der Waals surface area contributed by atoms with Crippen LogP contribution in [0.1, 0.15) is 6.92 Å². The molecule has 0 saturated carbocycles. The number of rotatable bonds is 5. The normalized spacial score (nSPS) is 13.9. The number of carbonyl (C=O) groups is 1. The van der Waals surface area contributed by atoms with Crippen molar-refractivity contribution in [3.05, 3.63) is 61.1 Å². The van der Waals surface area contributed by atoms with Crippen LogP contribution in [0.15, 0.2) is 65.5 Å². The number of nitrogens with two attached hydrogens (primary N) is 1. The third-order valence-electron chi connectivity index (χ3n) is 5.20. The van der Waals surface area contributed by atoms with E-state index in [1.165, 1.54) is 0 Å².